The van der Waals surface area contributed by atoms with Crippen LogP contribution in [0.1, 0.15) is 52.7 Å². The molecule has 0 bridgehead atoms. The average molecular weight is 541 g/mol. The molecule has 0 atom stereocenters. The van der Waals surface area contributed by atoms with Crippen molar-refractivity contribution in [2.45, 2.75) is 39.5 Å². The van der Waals surface area contributed by atoms with E-state index in [1.807, 2.05) is 54.6 Å². The number of hydrogen-bond donors (Lipinski definition) is 1. The Kier molecular flexibility index (Phi) is 6.20. The molecule has 2 aromatic heterocycles. The van der Waals surface area contributed by atoms with Crippen molar-refractivity contribution < 1.29 is 14.3 Å². The summed E-state index contributed by atoms with van der Waals surface area (Å²) in [6.07, 6.45) is 0.723. The Morgan fingerprint density at radius 1 is 0.974 bits per heavy atom. The lowest BCUT2D eigenvalue weighted by atomic mass is 9.87. The highest BCUT2D eigenvalue weighted by molar-refractivity contribution is 7.23. The van der Waals surface area contributed by atoms with E-state index in [9.17, 15) is 4.79 Å². The molecule has 0 spiro atoms. The number of anilines is 1. The third-order valence-electron chi connectivity index (χ3n) is 6.80. The van der Waals surface area contributed by atoms with Gasteiger partial charge in [0.25, 0.3) is 5.91 Å². The minimum absolute atomic E-state index is 0.0313. The number of nitrogens with zero attached hydrogens (tertiary/aromatic N) is 1. The molecule has 38 heavy (non-hydrogen) atoms. The number of nitrogens with one attached hydrogen (secondary N) is 1. The van der Waals surface area contributed by atoms with Crippen LogP contribution in [0, 0.1) is 6.92 Å². The zero-order valence-electron chi connectivity index (χ0n) is 21.8. The highest BCUT2D eigenvalue weighted by Crippen LogP contribution is 2.45. The van der Waals surface area contributed by atoms with Crippen LogP contribution >= 0.6 is 22.7 Å². The number of thiazole rings is 1. The van der Waals surface area contributed by atoms with Gasteiger partial charge in [-0.2, -0.15) is 0 Å². The van der Waals surface area contributed by atoms with Crippen LogP contribution in [-0.4, -0.2) is 17.7 Å². The number of benzene rings is 3. The summed E-state index contributed by atoms with van der Waals surface area (Å²) in [5, 5.41) is 4.95. The lowest BCUT2D eigenvalue weighted by Crippen LogP contribution is -2.14. The van der Waals surface area contributed by atoms with Gasteiger partial charge in [-0.25, -0.2) is 4.98 Å². The number of thiophene rings is 1. The molecule has 7 heteroatoms. The summed E-state index contributed by atoms with van der Waals surface area (Å²) in [5.41, 5.74) is 6.08. The first-order valence-corrected chi connectivity index (χ1v) is 14.2. The van der Waals surface area contributed by atoms with Crippen molar-refractivity contribution in [2.75, 3.05) is 12.1 Å². The fraction of sp³-hybridized carbons (Fsp3) is 0.226. The SMILES string of the molecule is Cc1c(Cc2ccc3c(c2)OCO3)sc(NC(=O)c2ccc(C(C)(C)C)cc2)c1-c1nc2ccccc2s1. The molecule has 1 aliphatic heterocycles. The molecule has 5 nitrogen and oxygen atoms in total. The van der Waals surface area contributed by atoms with E-state index in [4.69, 9.17) is 14.5 Å². The smallest absolute Gasteiger partial charge is 0.256 e. The Morgan fingerprint density at radius 2 is 1.74 bits per heavy atom. The highest BCUT2D eigenvalue weighted by atomic mass is 32.1. The Balaban J connectivity index is 1.37. The summed E-state index contributed by atoms with van der Waals surface area (Å²) in [5.74, 6) is 1.43. The summed E-state index contributed by atoms with van der Waals surface area (Å²) in [4.78, 5) is 19.5. The topological polar surface area (TPSA) is 60.5 Å². The molecule has 1 aliphatic rings. The molecule has 0 unspecified atom stereocenters. The van der Waals surface area contributed by atoms with Crippen LogP contribution in [0.2, 0.25) is 0 Å². The number of carbonyl (C=O) groups excluding carboxylic acids is 1. The van der Waals surface area contributed by atoms with E-state index in [-0.39, 0.29) is 18.1 Å². The van der Waals surface area contributed by atoms with Gasteiger partial charge in [0.05, 0.1) is 10.2 Å². The summed E-state index contributed by atoms with van der Waals surface area (Å²) in [6, 6.07) is 22.1. The van der Waals surface area contributed by atoms with Gasteiger partial charge in [0.2, 0.25) is 6.79 Å². The Morgan fingerprint density at radius 3 is 2.50 bits per heavy atom. The molecule has 5 aromatic rings. The molecule has 0 saturated heterocycles. The van der Waals surface area contributed by atoms with Crippen LogP contribution in [0.3, 0.4) is 0 Å². The standard InChI is InChI=1S/C31H28N2O3S2/c1-18-26(16-19-9-14-23-24(15-19)36-17-35-23)38-30(27(18)29-32-22-7-5-6-8-25(22)37-29)33-28(34)20-10-12-21(13-11-20)31(2,3)4/h5-15H,16-17H2,1-4H3,(H,33,34). The van der Waals surface area contributed by atoms with Gasteiger partial charge in [-0.1, -0.05) is 51.1 Å². The van der Waals surface area contributed by atoms with Gasteiger partial charge in [-0.15, -0.1) is 22.7 Å². The number of hydrogen-bond acceptors (Lipinski definition) is 6. The van der Waals surface area contributed by atoms with Crippen LogP contribution in [0.5, 0.6) is 11.5 Å². The molecule has 0 saturated carbocycles. The lowest BCUT2D eigenvalue weighted by Gasteiger charge is -2.19. The first-order valence-electron chi connectivity index (χ1n) is 12.5. The quantitative estimate of drug-likeness (QED) is 0.244. The Labute approximate surface area is 230 Å². The molecule has 1 amide bonds. The van der Waals surface area contributed by atoms with Crippen LogP contribution in [0.25, 0.3) is 20.8 Å². The number of ether oxygens (including phenoxy) is 2. The molecule has 0 radical (unpaired) electrons. The average Bonchev–Trinajstić information content (AvgIpc) is 3.60. The van der Waals surface area contributed by atoms with Crippen LogP contribution < -0.4 is 14.8 Å². The second-order valence-electron chi connectivity index (χ2n) is 10.5. The van der Waals surface area contributed by atoms with Crippen molar-refractivity contribution in [3.63, 3.8) is 0 Å². The normalized spacial score (nSPS) is 12.7. The van der Waals surface area contributed by atoms with Gasteiger partial charge >= 0.3 is 0 Å². The predicted molar refractivity (Wildman–Crippen MR) is 156 cm³/mol. The molecular formula is C31H28N2O3S2. The largest absolute Gasteiger partial charge is 0.454 e. The van der Waals surface area contributed by atoms with Gasteiger partial charge in [-0.3, -0.25) is 4.79 Å². The van der Waals surface area contributed by atoms with E-state index in [1.54, 1.807) is 22.7 Å². The van der Waals surface area contributed by atoms with Crippen molar-refractivity contribution in [3.05, 3.63) is 93.9 Å². The minimum Gasteiger partial charge on any atom is -0.454 e. The van der Waals surface area contributed by atoms with E-state index in [2.05, 4.69) is 45.1 Å². The third-order valence-corrected chi connectivity index (χ3v) is 9.06. The van der Waals surface area contributed by atoms with E-state index in [1.165, 1.54) is 10.4 Å². The Hall–Kier alpha value is -3.68. The maximum Gasteiger partial charge on any atom is 0.256 e. The number of amides is 1. The number of rotatable bonds is 5. The molecule has 192 valence electrons. The van der Waals surface area contributed by atoms with Crippen LogP contribution in [0.4, 0.5) is 5.00 Å². The molecule has 3 heterocycles. The van der Waals surface area contributed by atoms with Crippen molar-refractivity contribution >= 4 is 43.8 Å². The van der Waals surface area contributed by atoms with Gasteiger partial charge in [-0.05, 0) is 65.4 Å². The second-order valence-corrected chi connectivity index (χ2v) is 12.6. The van der Waals surface area contributed by atoms with Crippen LogP contribution in [-0.2, 0) is 11.8 Å². The van der Waals surface area contributed by atoms with E-state index >= 15 is 0 Å². The predicted octanol–water partition coefficient (Wildman–Crippen LogP) is 8.20. The third kappa shape index (κ3) is 4.68. The molecule has 0 fully saturated rings. The monoisotopic (exact) mass is 540 g/mol. The number of aromatic nitrogens is 1. The summed E-state index contributed by atoms with van der Waals surface area (Å²) in [6.45, 7) is 8.88. The summed E-state index contributed by atoms with van der Waals surface area (Å²) in [7, 11) is 0. The lowest BCUT2D eigenvalue weighted by molar-refractivity contribution is 0.102. The maximum atomic E-state index is 13.4. The molecular weight excluding hydrogens is 512 g/mol. The molecule has 1 N–H and O–H groups in total. The first kappa shape index (κ1) is 24.6. The number of para-hydroxylation sites is 1. The highest BCUT2D eigenvalue weighted by Gasteiger charge is 2.23. The van der Waals surface area contributed by atoms with E-state index < -0.39 is 0 Å². The zero-order chi connectivity index (χ0) is 26.4. The van der Waals surface area contributed by atoms with Crippen molar-refractivity contribution in [3.8, 4) is 22.1 Å². The van der Waals surface area contributed by atoms with Crippen molar-refractivity contribution in [1.29, 1.82) is 0 Å². The number of carbonyl (C=O) groups is 1. The van der Waals surface area contributed by atoms with Crippen LogP contribution in [0.15, 0.2) is 66.7 Å². The number of fused-ring (bicyclic) bond motifs is 2. The first-order chi connectivity index (χ1) is 18.3. The fourth-order valence-corrected chi connectivity index (χ4v) is 6.96. The second kappa shape index (κ2) is 9.57. The Bertz CT molecular complexity index is 1630. The van der Waals surface area contributed by atoms with Crippen molar-refractivity contribution in [1.82, 2.24) is 4.98 Å². The fourth-order valence-electron chi connectivity index (χ4n) is 4.59. The molecule has 6 rings (SSSR count). The summed E-state index contributed by atoms with van der Waals surface area (Å²) < 4.78 is 12.2. The molecule has 3 aromatic carbocycles. The van der Waals surface area contributed by atoms with Crippen molar-refractivity contribution in [2.24, 2.45) is 0 Å². The van der Waals surface area contributed by atoms with Gasteiger partial charge in [0, 0.05) is 22.4 Å². The van der Waals surface area contributed by atoms with Gasteiger partial charge in [0.1, 0.15) is 10.0 Å². The van der Waals surface area contributed by atoms with Gasteiger partial charge in [0.15, 0.2) is 11.5 Å². The minimum atomic E-state index is -0.122. The zero-order valence-corrected chi connectivity index (χ0v) is 23.4. The summed E-state index contributed by atoms with van der Waals surface area (Å²) >= 11 is 3.26. The van der Waals surface area contributed by atoms with Gasteiger partial charge < -0.3 is 14.8 Å². The van der Waals surface area contributed by atoms with E-state index in [0.29, 0.717) is 5.56 Å². The maximum absolute atomic E-state index is 13.4. The van der Waals surface area contributed by atoms with E-state index in [0.717, 1.165) is 54.8 Å². The molecule has 0 aliphatic carbocycles.